The lowest BCUT2D eigenvalue weighted by Crippen LogP contribution is -2.30. The van der Waals surface area contributed by atoms with Crippen molar-refractivity contribution in [2.75, 3.05) is 29.9 Å². The van der Waals surface area contributed by atoms with E-state index in [0.29, 0.717) is 13.0 Å². The Hall–Kier alpha value is -2.56. The van der Waals surface area contributed by atoms with Gasteiger partial charge in [0, 0.05) is 31.0 Å². The number of halogens is 1. The molecule has 128 valence electrons. The largest absolute Gasteiger partial charge is 0.372 e. The average molecular weight is 329 g/mol. The molecule has 0 fully saturated rings. The molecule has 2 aromatic carbocycles. The van der Waals surface area contributed by atoms with Crippen molar-refractivity contribution in [2.45, 2.75) is 20.3 Å². The summed E-state index contributed by atoms with van der Waals surface area (Å²) in [6.07, 6.45) is 0.661. The Balaban J connectivity index is 1.78. The lowest BCUT2D eigenvalue weighted by atomic mass is 10.1. The summed E-state index contributed by atoms with van der Waals surface area (Å²) < 4.78 is 12.8. The fourth-order valence-electron chi connectivity index (χ4n) is 2.49. The van der Waals surface area contributed by atoms with Crippen LogP contribution in [0.25, 0.3) is 0 Å². The standard InChI is InChI=1S/C19H24FN3O/c1-3-23(4-2)18-11-9-17(10-12-18)22-19(24)21-14-13-15-5-7-16(20)8-6-15/h5-12H,3-4,13-14H2,1-2H3,(H2,21,22,24). The number of carbonyl (C=O) groups is 1. The lowest BCUT2D eigenvalue weighted by Gasteiger charge is -2.21. The monoisotopic (exact) mass is 329 g/mol. The fraction of sp³-hybridized carbons (Fsp3) is 0.316. The fourth-order valence-corrected chi connectivity index (χ4v) is 2.49. The molecule has 0 unspecified atom stereocenters. The number of rotatable bonds is 7. The van der Waals surface area contributed by atoms with Gasteiger partial charge in [0.1, 0.15) is 5.82 Å². The Morgan fingerprint density at radius 2 is 1.62 bits per heavy atom. The first-order valence-electron chi connectivity index (χ1n) is 8.26. The predicted octanol–water partition coefficient (Wildman–Crippen LogP) is 4.04. The summed E-state index contributed by atoms with van der Waals surface area (Å²) in [4.78, 5) is 14.1. The molecule has 0 aliphatic rings. The van der Waals surface area contributed by atoms with E-state index >= 15 is 0 Å². The average Bonchev–Trinajstić information content (AvgIpc) is 2.59. The van der Waals surface area contributed by atoms with E-state index in [4.69, 9.17) is 0 Å². The number of hydrogen-bond donors (Lipinski definition) is 2. The molecule has 24 heavy (non-hydrogen) atoms. The number of amides is 2. The summed E-state index contributed by atoms with van der Waals surface area (Å²) in [5.41, 5.74) is 2.88. The summed E-state index contributed by atoms with van der Waals surface area (Å²) in [6.45, 7) is 6.63. The highest BCUT2D eigenvalue weighted by Gasteiger charge is 2.04. The summed E-state index contributed by atoms with van der Waals surface area (Å²) >= 11 is 0. The van der Waals surface area contributed by atoms with E-state index in [0.717, 1.165) is 30.0 Å². The number of nitrogens with one attached hydrogen (secondary N) is 2. The van der Waals surface area contributed by atoms with Gasteiger partial charge in [-0.25, -0.2) is 9.18 Å². The minimum Gasteiger partial charge on any atom is -0.372 e. The summed E-state index contributed by atoms with van der Waals surface area (Å²) in [5, 5.41) is 5.61. The third kappa shape index (κ3) is 5.26. The minimum absolute atomic E-state index is 0.243. The molecule has 2 rings (SSSR count). The molecule has 2 amide bonds. The molecular weight excluding hydrogens is 305 g/mol. The van der Waals surface area contributed by atoms with Gasteiger partial charge in [0.25, 0.3) is 0 Å². The summed E-state index contributed by atoms with van der Waals surface area (Å²) in [6, 6.07) is 13.8. The van der Waals surface area contributed by atoms with Crippen LogP contribution in [0, 0.1) is 5.82 Å². The van der Waals surface area contributed by atoms with Crippen molar-refractivity contribution in [3.05, 3.63) is 59.9 Å². The topological polar surface area (TPSA) is 44.4 Å². The molecule has 0 aromatic heterocycles. The van der Waals surface area contributed by atoms with Crippen LogP contribution in [0.2, 0.25) is 0 Å². The maximum atomic E-state index is 12.8. The van der Waals surface area contributed by atoms with Crippen LogP contribution in [-0.2, 0) is 6.42 Å². The first-order valence-corrected chi connectivity index (χ1v) is 8.26. The van der Waals surface area contributed by atoms with Gasteiger partial charge in [-0.05, 0) is 62.2 Å². The quantitative estimate of drug-likeness (QED) is 0.805. The molecule has 0 bridgehead atoms. The first-order chi connectivity index (χ1) is 11.6. The van der Waals surface area contributed by atoms with Gasteiger partial charge in [0.15, 0.2) is 0 Å². The SMILES string of the molecule is CCN(CC)c1ccc(NC(=O)NCCc2ccc(F)cc2)cc1. The van der Waals surface area contributed by atoms with E-state index < -0.39 is 0 Å². The second-order valence-electron chi connectivity index (χ2n) is 5.48. The number of benzene rings is 2. The van der Waals surface area contributed by atoms with E-state index in [2.05, 4.69) is 29.4 Å². The third-order valence-corrected chi connectivity index (χ3v) is 3.87. The maximum Gasteiger partial charge on any atom is 0.319 e. The van der Waals surface area contributed by atoms with Crippen LogP contribution < -0.4 is 15.5 Å². The van der Waals surface area contributed by atoms with Gasteiger partial charge in [-0.1, -0.05) is 12.1 Å². The zero-order chi connectivity index (χ0) is 17.4. The van der Waals surface area contributed by atoms with Crippen LogP contribution in [0.3, 0.4) is 0 Å². The van der Waals surface area contributed by atoms with Gasteiger partial charge < -0.3 is 15.5 Å². The summed E-state index contributed by atoms with van der Waals surface area (Å²) in [5.74, 6) is -0.252. The maximum absolute atomic E-state index is 12.8. The second-order valence-corrected chi connectivity index (χ2v) is 5.48. The number of nitrogens with zero attached hydrogens (tertiary/aromatic N) is 1. The third-order valence-electron chi connectivity index (χ3n) is 3.87. The molecule has 0 aliphatic carbocycles. The van der Waals surface area contributed by atoms with Gasteiger partial charge in [0.05, 0.1) is 0 Å². The van der Waals surface area contributed by atoms with Crippen molar-refractivity contribution >= 4 is 17.4 Å². The Kier molecular flexibility index (Phi) is 6.61. The first kappa shape index (κ1) is 17.8. The number of urea groups is 1. The molecule has 5 heteroatoms. The normalized spacial score (nSPS) is 10.3. The van der Waals surface area contributed by atoms with E-state index in [9.17, 15) is 9.18 Å². The Bertz CT molecular complexity index is 637. The van der Waals surface area contributed by atoms with Gasteiger partial charge in [0.2, 0.25) is 0 Å². The number of carbonyl (C=O) groups excluding carboxylic acids is 1. The highest BCUT2D eigenvalue weighted by atomic mass is 19.1. The van der Waals surface area contributed by atoms with Crippen LogP contribution in [0.4, 0.5) is 20.6 Å². The van der Waals surface area contributed by atoms with Gasteiger partial charge >= 0.3 is 6.03 Å². The molecule has 0 saturated heterocycles. The van der Waals surface area contributed by atoms with E-state index in [1.165, 1.54) is 12.1 Å². The van der Waals surface area contributed by atoms with Crippen molar-refractivity contribution in [3.63, 3.8) is 0 Å². The van der Waals surface area contributed by atoms with Crippen molar-refractivity contribution in [2.24, 2.45) is 0 Å². The zero-order valence-electron chi connectivity index (χ0n) is 14.2. The molecule has 4 nitrogen and oxygen atoms in total. The molecule has 0 spiro atoms. The summed E-state index contributed by atoms with van der Waals surface area (Å²) in [7, 11) is 0. The minimum atomic E-state index is -0.252. The van der Waals surface area contributed by atoms with E-state index in [1.54, 1.807) is 12.1 Å². The smallest absolute Gasteiger partial charge is 0.319 e. The predicted molar refractivity (Wildman–Crippen MR) is 97.1 cm³/mol. The van der Waals surface area contributed by atoms with Gasteiger partial charge in [-0.15, -0.1) is 0 Å². The van der Waals surface area contributed by atoms with Crippen LogP contribution in [-0.4, -0.2) is 25.7 Å². The molecule has 0 heterocycles. The van der Waals surface area contributed by atoms with E-state index in [1.807, 2.05) is 24.3 Å². The Morgan fingerprint density at radius 3 is 2.21 bits per heavy atom. The van der Waals surface area contributed by atoms with Crippen molar-refractivity contribution in [1.29, 1.82) is 0 Å². The molecule has 0 aliphatic heterocycles. The molecule has 0 atom stereocenters. The molecule has 2 N–H and O–H groups in total. The van der Waals surface area contributed by atoms with Crippen LogP contribution in [0.1, 0.15) is 19.4 Å². The van der Waals surface area contributed by atoms with Crippen LogP contribution in [0.15, 0.2) is 48.5 Å². The Labute approximate surface area is 142 Å². The van der Waals surface area contributed by atoms with Gasteiger partial charge in [-0.3, -0.25) is 0 Å². The zero-order valence-corrected chi connectivity index (χ0v) is 14.2. The van der Waals surface area contributed by atoms with Crippen molar-refractivity contribution in [1.82, 2.24) is 5.32 Å². The highest BCUT2D eigenvalue weighted by molar-refractivity contribution is 5.89. The lowest BCUT2D eigenvalue weighted by molar-refractivity contribution is 0.252. The molecule has 0 saturated carbocycles. The number of hydrogen-bond acceptors (Lipinski definition) is 2. The molecule has 2 aromatic rings. The Morgan fingerprint density at radius 1 is 1.00 bits per heavy atom. The molecular formula is C19H24FN3O. The van der Waals surface area contributed by atoms with Crippen molar-refractivity contribution < 1.29 is 9.18 Å². The number of anilines is 2. The molecule has 0 radical (unpaired) electrons. The van der Waals surface area contributed by atoms with Crippen molar-refractivity contribution in [3.8, 4) is 0 Å². The second kappa shape index (κ2) is 8.91. The van der Waals surface area contributed by atoms with E-state index in [-0.39, 0.29) is 11.8 Å². The van der Waals surface area contributed by atoms with Gasteiger partial charge in [-0.2, -0.15) is 0 Å². The highest BCUT2D eigenvalue weighted by Crippen LogP contribution is 2.17. The van der Waals surface area contributed by atoms with Crippen LogP contribution in [0.5, 0.6) is 0 Å². The van der Waals surface area contributed by atoms with Crippen LogP contribution >= 0.6 is 0 Å².